The van der Waals surface area contributed by atoms with Crippen LogP contribution in [0.3, 0.4) is 0 Å². The van der Waals surface area contributed by atoms with Gasteiger partial charge in [-0.05, 0) is 122 Å². The van der Waals surface area contributed by atoms with Crippen LogP contribution in [0.4, 0.5) is 0 Å². The van der Waals surface area contributed by atoms with Crippen molar-refractivity contribution in [2.45, 2.75) is 271 Å². The summed E-state index contributed by atoms with van der Waals surface area (Å²) in [6.45, 7) is 6.34. The van der Waals surface area contributed by atoms with Crippen molar-refractivity contribution in [3.63, 3.8) is 0 Å². The monoisotopic (exact) mass is 1060 g/mol. The van der Waals surface area contributed by atoms with Gasteiger partial charge in [0.2, 0.25) is 0 Å². The number of unbranched alkanes of at least 4 members (excludes halogenated alkanes) is 20. The van der Waals surface area contributed by atoms with Crippen LogP contribution in [0.5, 0.6) is 0 Å². The Morgan fingerprint density at radius 2 is 0.506 bits per heavy atom. The Hall–Kier alpha value is -4.71. The van der Waals surface area contributed by atoms with Gasteiger partial charge >= 0.3 is 17.9 Å². The second-order valence-electron chi connectivity index (χ2n) is 20.2. The summed E-state index contributed by atoms with van der Waals surface area (Å²) in [6, 6.07) is 0. The lowest BCUT2D eigenvalue weighted by Crippen LogP contribution is -2.30. The molecular formula is C71H114O6. The molecule has 77 heavy (non-hydrogen) atoms. The molecule has 6 nitrogen and oxygen atoms in total. The van der Waals surface area contributed by atoms with Crippen molar-refractivity contribution >= 4 is 17.9 Å². The Bertz CT molecular complexity index is 1700. The number of ether oxygens (including phenoxy) is 3. The summed E-state index contributed by atoms with van der Waals surface area (Å²) in [5.74, 6) is -0.931. The van der Waals surface area contributed by atoms with Crippen molar-refractivity contribution in [2.24, 2.45) is 0 Å². The lowest BCUT2D eigenvalue weighted by atomic mass is 10.0. The minimum Gasteiger partial charge on any atom is -0.462 e. The molecule has 1 unspecified atom stereocenters. The van der Waals surface area contributed by atoms with Crippen LogP contribution in [0.2, 0.25) is 0 Å². The molecule has 0 radical (unpaired) electrons. The third-order valence-corrected chi connectivity index (χ3v) is 12.8. The van der Waals surface area contributed by atoms with Crippen LogP contribution in [0.1, 0.15) is 265 Å². The molecule has 0 fully saturated rings. The first-order valence-corrected chi connectivity index (χ1v) is 31.3. The molecule has 0 aromatic rings. The fraction of sp³-hybridized carbons (Fsp3) is 0.620. The Morgan fingerprint density at radius 1 is 0.273 bits per heavy atom. The lowest BCUT2D eigenvalue weighted by Gasteiger charge is -2.18. The smallest absolute Gasteiger partial charge is 0.306 e. The second kappa shape index (κ2) is 63.8. The van der Waals surface area contributed by atoms with E-state index in [0.717, 1.165) is 148 Å². The van der Waals surface area contributed by atoms with Gasteiger partial charge in [-0.2, -0.15) is 0 Å². The number of allylic oxidation sites excluding steroid dienone is 24. The first-order chi connectivity index (χ1) is 38.0. The highest BCUT2D eigenvalue weighted by atomic mass is 16.6. The molecule has 434 valence electrons. The number of carbonyl (C=O) groups excluding carboxylic acids is 3. The third kappa shape index (κ3) is 62.0. The number of hydrogen-bond acceptors (Lipinski definition) is 6. The highest BCUT2D eigenvalue weighted by Crippen LogP contribution is 2.15. The second-order valence-corrected chi connectivity index (χ2v) is 20.2. The number of hydrogen-bond donors (Lipinski definition) is 0. The molecule has 0 aliphatic rings. The summed E-state index contributed by atoms with van der Waals surface area (Å²) in [7, 11) is 0. The van der Waals surface area contributed by atoms with Gasteiger partial charge in [0.15, 0.2) is 6.10 Å². The van der Waals surface area contributed by atoms with Crippen molar-refractivity contribution in [1.29, 1.82) is 0 Å². The first-order valence-electron chi connectivity index (χ1n) is 31.3. The Morgan fingerprint density at radius 3 is 0.792 bits per heavy atom. The van der Waals surface area contributed by atoms with Gasteiger partial charge in [0.05, 0.1) is 0 Å². The van der Waals surface area contributed by atoms with Gasteiger partial charge in [-0.1, -0.05) is 269 Å². The van der Waals surface area contributed by atoms with Crippen molar-refractivity contribution in [1.82, 2.24) is 0 Å². The summed E-state index contributed by atoms with van der Waals surface area (Å²) >= 11 is 0. The van der Waals surface area contributed by atoms with E-state index in [9.17, 15) is 14.4 Å². The summed E-state index contributed by atoms with van der Waals surface area (Å²) in [6.07, 6.45) is 91.5. The SMILES string of the molecule is CC/C=C\C/C=C\C/C=C\C/C=C\C/C=C\C/C=C\C/C=C\C/C=C\CCCCCCC(=O)OCC(COC(=O)CCCCCCCCC)OC(=O)CCCCCCCCCCCC/C=C\C/C=C\C/C=C\C/C=C\CC. The summed E-state index contributed by atoms with van der Waals surface area (Å²) in [5.41, 5.74) is 0. The zero-order chi connectivity index (χ0) is 55.7. The lowest BCUT2D eigenvalue weighted by molar-refractivity contribution is -0.167. The molecule has 0 amide bonds. The van der Waals surface area contributed by atoms with Gasteiger partial charge < -0.3 is 14.2 Å². The highest BCUT2D eigenvalue weighted by Gasteiger charge is 2.19. The van der Waals surface area contributed by atoms with Gasteiger partial charge in [-0.25, -0.2) is 0 Å². The molecule has 0 spiro atoms. The van der Waals surface area contributed by atoms with Crippen molar-refractivity contribution < 1.29 is 28.6 Å². The Labute approximate surface area is 474 Å². The molecule has 6 heteroatoms. The van der Waals surface area contributed by atoms with E-state index < -0.39 is 6.10 Å². The fourth-order valence-electron chi connectivity index (χ4n) is 8.21. The van der Waals surface area contributed by atoms with E-state index in [2.05, 4.69) is 167 Å². The van der Waals surface area contributed by atoms with Crippen molar-refractivity contribution in [3.8, 4) is 0 Å². The van der Waals surface area contributed by atoms with Crippen LogP contribution >= 0.6 is 0 Å². The van der Waals surface area contributed by atoms with E-state index in [-0.39, 0.29) is 31.1 Å². The van der Waals surface area contributed by atoms with Crippen molar-refractivity contribution in [2.75, 3.05) is 13.2 Å². The molecule has 0 aliphatic carbocycles. The van der Waals surface area contributed by atoms with Crippen LogP contribution < -0.4 is 0 Å². The molecular weight excluding hydrogens is 949 g/mol. The van der Waals surface area contributed by atoms with Gasteiger partial charge in [0, 0.05) is 19.3 Å². The molecule has 0 aromatic carbocycles. The average molecular weight is 1060 g/mol. The zero-order valence-electron chi connectivity index (χ0n) is 49.7. The van der Waals surface area contributed by atoms with E-state index in [1.807, 2.05) is 0 Å². The molecule has 0 bridgehead atoms. The van der Waals surface area contributed by atoms with Gasteiger partial charge in [0.1, 0.15) is 13.2 Å². The molecule has 0 aliphatic heterocycles. The van der Waals surface area contributed by atoms with Gasteiger partial charge in [0.25, 0.3) is 0 Å². The molecule has 0 saturated heterocycles. The summed E-state index contributed by atoms with van der Waals surface area (Å²) < 4.78 is 16.8. The van der Waals surface area contributed by atoms with E-state index in [1.54, 1.807) is 0 Å². The molecule has 0 saturated carbocycles. The Balaban J connectivity index is 4.25. The number of esters is 3. The molecule has 0 aromatic heterocycles. The minimum atomic E-state index is -0.795. The highest BCUT2D eigenvalue weighted by molar-refractivity contribution is 5.71. The average Bonchev–Trinajstić information content (AvgIpc) is 3.43. The van der Waals surface area contributed by atoms with Crippen molar-refractivity contribution in [3.05, 3.63) is 146 Å². The first kappa shape index (κ1) is 72.3. The minimum absolute atomic E-state index is 0.0917. The molecule has 0 N–H and O–H groups in total. The van der Waals surface area contributed by atoms with Crippen LogP contribution in [0, 0.1) is 0 Å². The van der Waals surface area contributed by atoms with E-state index in [1.165, 1.54) is 77.0 Å². The topological polar surface area (TPSA) is 78.9 Å². The van der Waals surface area contributed by atoms with E-state index in [4.69, 9.17) is 14.2 Å². The maximum absolute atomic E-state index is 12.9. The fourth-order valence-corrected chi connectivity index (χ4v) is 8.21. The van der Waals surface area contributed by atoms with Gasteiger partial charge in [-0.3, -0.25) is 14.4 Å². The zero-order valence-corrected chi connectivity index (χ0v) is 49.7. The van der Waals surface area contributed by atoms with Crippen LogP contribution in [-0.2, 0) is 28.6 Å². The largest absolute Gasteiger partial charge is 0.462 e. The van der Waals surface area contributed by atoms with Gasteiger partial charge in [-0.15, -0.1) is 0 Å². The standard InChI is InChI=1S/C71H114O6/c1-4-7-10-13-16-18-20-22-24-26-28-30-32-33-34-35-36-37-39-40-42-44-46-48-50-52-55-58-61-64-70(73)76-67-68(66-75-69(72)63-60-57-54-15-12-9-6-3)77-71(74)65-62-59-56-53-51-49-47-45-43-41-38-31-29-27-25-23-21-19-17-14-11-8-5-2/h7-8,10-11,16-19,22-25,28-31,33-34,36-37,40,42,46,48,68H,4-6,9,12-15,20-21,26-27,32,35,38-39,41,43-45,47,49-67H2,1-3H3/b10-7-,11-8-,18-16-,19-17-,24-22-,25-23-,30-28-,31-29-,34-33-,37-36-,42-40-,48-46-. The molecule has 0 rings (SSSR count). The predicted molar refractivity (Wildman–Crippen MR) is 334 cm³/mol. The van der Waals surface area contributed by atoms with Crippen LogP contribution in [0.15, 0.2) is 146 Å². The summed E-state index contributed by atoms with van der Waals surface area (Å²) in [4.78, 5) is 38.1. The van der Waals surface area contributed by atoms with Crippen LogP contribution in [-0.4, -0.2) is 37.2 Å². The predicted octanol–water partition coefficient (Wildman–Crippen LogP) is 21.5. The van der Waals surface area contributed by atoms with E-state index in [0.29, 0.717) is 19.3 Å². The third-order valence-electron chi connectivity index (χ3n) is 12.8. The van der Waals surface area contributed by atoms with Crippen LogP contribution in [0.25, 0.3) is 0 Å². The van der Waals surface area contributed by atoms with E-state index >= 15 is 0 Å². The molecule has 0 heterocycles. The summed E-state index contributed by atoms with van der Waals surface area (Å²) in [5, 5.41) is 0. The Kier molecular flexibility index (Phi) is 59.9. The number of rotatable bonds is 55. The normalized spacial score (nSPS) is 13.1. The maximum Gasteiger partial charge on any atom is 0.306 e. The molecule has 1 atom stereocenters. The maximum atomic E-state index is 12.9. The quantitative estimate of drug-likeness (QED) is 0.0261. The number of carbonyl (C=O) groups is 3.